The predicted molar refractivity (Wildman–Crippen MR) is 67.6 cm³/mol. The molecule has 2 atom stereocenters. The van der Waals surface area contributed by atoms with Gasteiger partial charge in [0.15, 0.2) is 0 Å². The number of carbonyl (C=O) groups is 1. The summed E-state index contributed by atoms with van der Waals surface area (Å²) in [6.07, 6.45) is -2.40. The summed E-state index contributed by atoms with van der Waals surface area (Å²) in [5.74, 6) is -1.01. The molecule has 0 saturated carbocycles. The number of halogens is 2. The van der Waals surface area contributed by atoms with Gasteiger partial charge < -0.3 is 15.3 Å². The molecular formula is C11H12BrClO4. The highest BCUT2D eigenvalue weighted by Crippen LogP contribution is 2.26. The van der Waals surface area contributed by atoms with Crippen molar-refractivity contribution in [1.82, 2.24) is 0 Å². The summed E-state index contributed by atoms with van der Waals surface area (Å²) >= 11 is 8.84. The van der Waals surface area contributed by atoms with Gasteiger partial charge in [0.05, 0.1) is 12.5 Å². The first-order chi connectivity index (χ1) is 7.95. The minimum absolute atomic E-state index is 0.188. The second-order valence-corrected chi connectivity index (χ2v) is 4.66. The second kappa shape index (κ2) is 6.35. The lowest BCUT2D eigenvalue weighted by Crippen LogP contribution is -2.21. The third kappa shape index (κ3) is 3.96. The Hall–Kier alpha value is -0.620. The van der Waals surface area contributed by atoms with E-state index in [0.717, 1.165) is 0 Å². The minimum atomic E-state index is -1.16. The van der Waals surface area contributed by atoms with Crippen LogP contribution >= 0.6 is 27.5 Å². The van der Waals surface area contributed by atoms with Crippen molar-refractivity contribution in [2.24, 2.45) is 0 Å². The summed E-state index contributed by atoms with van der Waals surface area (Å²) in [6.45, 7) is 0. The van der Waals surface area contributed by atoms with Crippen molar-refractivity contribution >= 4 is 33.5 Å². The minimum Gasteiger partial charge on any atom is -0.481 e. The number of carboxylic acid groups (broad SMARTS) is 1. The molecule has 0 radical (unpaired) electrons. The van der Waals surface area contributed by atoms with E-state index in [0.29, 0.717) is 16.1 Å². The molecule has 0 aliphatic carbocycles. The molecule has 2 unspecified atom stereocenters. The van der Waals surface area contributed by atoms with Crippen molar-refractivity contribution in [2.75, 3.05) is 5.33 Å². The smallest absolute Gasteiger partial charge is 0.307 e. The average Bonchev–Trinajstić information content (AvgIpc) is 2.29. The molecule has 4 nitrogen and oxygen atoms in total. The van der Waals surface area contributed by atoms with E-state index in [4.69, 9.17) is 16.7 Å². The van der Waals surface area contributed by atoms with Crippen LogP contribution in [0.2, 0.25) is 5.02 Å². The Kier molecular flexibility index (Phi) is 5.39. The van der Waals surface area contributed by atoms with E-state index in [1.807, 2.05) is 0 Å². The predicted octanol–water partition coefficient (Wildman–Crippen LogP) is 1.76. The summed E-state index contributed by atoms with van der Waals surface area (Å²) in [7, 11) is 0. The van der Waals surface area contributed by atoms with Gasteiger partial charge in [-0.25, -0.2) is 0 Å². The number of hydrogen-bond acceptors (Lipinski definition) is 3. The summed E-state index contributed by atoms with van der Waals surface area (Å²) in [4.78, 5) is 10.7. The largest absolute Gasteiger partial charge is 0.481 e. The maximum atomic E-state index is 10.7. The van der Waals surface area contributed by atoms with Crippen molar-refractivity contribution in [3.8, 4) is 0 Å². The molecule has 1 rings (SSSR count). The standard InChI is InChI=1S/C11H12BrClO4/c12-5-9(14)11(17)8-4-7(13)2-1-6(8)3-10(15)16/h1-2,4,9,11,14,17H,3,5H2,(H,15,16). The fourth-order valence-corrected chi connectivity index (χ4v) is 1.99. The zero-order chi connectivity index (χ0) is 13.0. The molecule has 0 spiro atoms. The molecule has 0 aromatic heterocycles. The highest BCUT2D eigenvalue weighted by Gasteiger charge is 2.21. The Labute approximate surface area is 112 Å². The fourth-order valence-electron chi connectivity index (χ4n) is 1.46. The molecule has 3 N–H and O–H groups in total. The van der Waals surface area contributed by atoms with Crippen LogP contribution in [0.15, 0.2) is 18.2 Å². The summed E-state index contributed by atoms with van der Waals surface area (Å²) in [5, 5.41) is 28.7. The van der Waals surface area contributed by atoms with Crippen molar-refractivity contribution in [1.29, 1.82) is 0 Å². The van der Waals surface area contributed by atoms with Crippen LogP contribution in [0.25, 0.3) is 0 Å². The lowest BCUT2D eigenvalue weighted by molar-refractivity contribution is -0.136. The normalized spacial score (nSPS) is 14.4. The summed E-state index contributed by atoms with van der Waals surface area (Å²) in [6, 6.07) is 4.56. The van der Waals surface area contributed by atoms with E-state index < -0.39 is 18.2 Å². The molecule has 0 aliphatic heterocycles. The Balaban J connectivity index is 3.10. The molecule has 0 amide bonds. The molecule has 1 aromatic rings. The molecule has 0 bridgehead atoms. The average molecular weight is 324 g/mol. The van der Waals surface area contributed by atoms with Gasteiger partial charge in [-0.2, -0.15) is 0 Å². The van der Waals surface area contributed by atoms with E-state index >= 15 is 0 Å². The first-order valence-corrected chi connectivity index (χ1v) is 6.38. The lowest BCUT2D eigenvalue weighted by atomic mass is 9.97. The van der Waals surface area contributed by atoms with E-state index in [2.05, 4.69) is 15.9 Å². The van der Waals surface area contributed by atoms with Crippen LogP contribution in [-0.4, -0.2) is 32.7 Å². The number of hydrogen-bond donors (Lipinski definition) is 3. The molecule has 0 saturated heterocycles. The number of aliphatic carboxylic acids is 1. The summed E-state index contributed by atoms with van der Waals surface area (Å²) in [5.41, 5.74) is 0.779. The number of alkyl halides is 1. The topological polar surface area (TPSA) is 77.8 Å². The third-order valence-electron chi connectivity index (χ3n) is 2.29. The molecule has 94 valence electrons. The van der Waals surface area contributed by atoms with Crippen molar-refractivity contribution < 1.29 is 20.1 Å². The maximum absolute atomic E-state index is 10.7. The van der Waals surface area contributed by atoms with Gasteiger partial charge in [-0.15, -0.1) is 0 Å². The molecule has 0 heterocycles. The number of aliphatic hydroxyl groups is 2. The van der Waals surface area contributed by atoms with Gasteiger partial charge in [0.2, 0.25) is 0 Å². The van der Waals surface area contributed by atoms with E-state index in [-0.39, 0.29) is 11.8 Å². The Bertz CT molecular complexity index is 410. The van der Waals surface area contributed by atoms with Crippen LogP contribution in [0, 0.1) is 0 Å². The number of rotatable bonds is 5. The Morgan fingerprint density at radius 2 is 2.06 bits per heavy atom. The van der Waals surface area contributed by atoms with Gasteiger partial charge >= 0.3 is 5.97 Å². The van der Waals surface area contributed by atoms with Crippen LogP contribution in [0.4, 0.5) is 0 Å². The highest BCUT2D eigenvalue weighted by molar-refractivity contribution is 9.09. The first-order valence-electron chi connectivity index (χ1n) is 4.88. The van der Waals surface area contributed by atoms with Crippen LogP contribution in [0.1, 0.15) is 17.2 Å². The van der Waals surface area contributed by atoms with Crippen LogP contribution in [-0.2, 0) is 11.2 Å². The Morgan fingerprint density at radius 1 is 1.41 bits per heavy atom. The van der Waals surface area contributed by atoms with Crippen molar-refractivity contribution in [3.63, 3.8) is 0 Å². The first kappa shape index (κ1) is 14.4. The van der Waals surface area contributed by atoms with Crippen LogP contribution < -0.4 is 0 Å². The van der Waals surface area contributed by atoms with Gasteiger partial charge in [0.25, 0.3) is 0 Å². The highest BCUT2D eigenvalue weighted by atomic mass is 79.9. The number of carboxylic acids is 1. The molecule has 0 aliphatic rings. The third-order valence-corrected chi connectivity index (χ3v) is 3.19. The van der Waals surface area contributed by atoms with Gasteiger partial charge in [-0.05, 0) is 23.3 Å². The molecule has 6 heteroatoms. The SMILES string of the molecule is O=C(O)Cc1ccc(Cl)cc1C(O)C(O)CBr. The Morgan fingerprint density at radius 3 is 2.59 bits per heavy atom. The van der Waals surface area contributed by atoms with E-state index in [9.17, 15) is 15.0 Å². The van der Waals surface area contributed by atoms with E-state index in [1.54, 1.807) is 6.07 Å². The second-order valence-electron chi connectivity index (χ2n) is 3.58. The molecular weight excluding hydrogens is 311 g/mol. The number of aliphatic hydroxyl groups excluding tert-OH is 2. The van der Waals surface area contributed by atoms with Crippen LogP contribution in [0.3, 0.4) is 0 Å². The fraction of sp³-hybridized carbons (Fsp3) is 0.364. The molecule has 0 fully saturated rings. The van der Waals surface area contributed by atoms with Gasteiger partial charge in [-0.1, -0.05) is 33.6 Å². The monoisotopic (exact) mass is 322 g/mol. The lowest BCUT2D eigenvalue weighted by Gasteiger charge is -2.19. The van der Waals surface area contributed by atoms with Gasteiger partial charge in [0, 0.05) is 10.4 Å². The maximum Gasteiger partial charge on any atom is 0.307 e. The quantitative estimate of drug-likeness (QED) is 0.722. The van der Waals surface area contributed by atoms with Gasteiger partial charge in [-0.3, -0.25) is 4.79 Å². The number of benzene rings is 1. The zero-order valence-corrected chi connectivity index (χ0v) is 11.1. The summed E-state index contributed by atoms with van der Waals surface area (Å²) < 4.78 is 0. The zero-order valence-electron chi connectivity index (χ0n) is 8.81. The van der Waals surface area contributed by atoms with Crippen molar-refractivity contribution in [3.05, 3.63) is 34.3 Å². The van der Waals surface area contributed by atoms with Crippen molar-refractivity contribution in [2.45, 2.75) is 18.6 Å². The van der Waals surface area contributed by atoms with Gasteiger partial charge in [0.1, 0.15) is 6.10 Å². The molecule has 17 heavy (non-hydrogen) atoms. The molecule has 1 aromatic carbocycles. The van der Waals surface area contributed by atoms with Crippen LogP contribution in [0.5, 0.6) is 0 Å². The van der Waals surface area contributed by atoms with E-state index in [1.165, 1.54) is 12.1 Å².